The first-order valence-corrected chi connectivity index (χ1v) is 8.60. The fourth-order valence-electron chi connectivity index (χ4n) is 2.74. The predicted molar refractivity (Wildman–Crippen MR) is 101 cm³/mol. The Morgan fingerprint density at radius 2 is 1.77 bits per heavy atom. The third kappa shape index (κ3) is 3.38. The van der Waals surface area contributed by atoms with Gasteiger partial charge in [-0.1, -0.05) is 25.5 Å². The molecule has 0 aliphatic rings. The molecule has 0 amide bonds. The van der Waals surface area contributed by atoms with E-state index in [2.05, 4.69) is 6.92 Å². The van der Waals surface area contributed by atoms with E-state index in [1.165, 1.54) is 0 Å². The molecular formula is C21H22O5. The van der Waals surface area contributed by atoms with Gasteiger partial charge in [-0.25, -0.2) is 0 Å². The maximum Gasteiger partial charge on any atom is 0.235 e. The van der Waals surface area contributed by atoms with Gasteiger partial charge >= 0.3 is 0 Å². The highest BCUT2D eigenvalue weighted by Crippen LogP contribution is 2.36. The molecule has 0 saturated carbocycles. The second kappa shape index (κ2) is 7.95. The Morgan fingerprint density at radius 3 is 2.50 bits per heavy atom. The largest absolute Gasteiger partial charge is 0.493 e. The number of methoxy groups -OCH3 is 2. The van der Waals surface area contributed by atoms with E-state index in [0.717, 1.165) is 12.8 Å². The average Bonchev–Trinajstić information content (AvgIpc) is 2.69. The average molecular weight is 354 g/mol. The summed E-state index contributed by atoms with van der Waals surface area (Å²) in [5, 5.41) is 0.503. The minimum absolute atomic E-state index is 0.173. The van der Waals surface area contributed by atoms with Crippen molar-refractivity contribution in [1.82, 2.24) is 0 Å². The Morgan fingerprint density at radius 1 is 1.00 bits per heavy atom. The molecule has 0 radical (unpaired) electrons. The minimum Gasteiger partial charge on any atom is -0.493 e. The smallest absolute Gasteiger partial charge is 0.235 e. The first-order chi connectivity index (χ1) is 12.7. The number of ether oxygens (including phenoxy) is 3. The predicted octanol–water partition coefficient (Wildman–Crippen LogP) is 4.66. The van der Waals surface area contributed by atoms with Crippen molar-refractivity contribution >= 4 is 11.0 Å². The summed E-state index contributed by atoms with van der Waals surface area (Å²) in [5.41, 5.74) is 1.04. The van der Waals surface area contributed by atoms with Crippen LogP contribution in [0.2, 0.25) is 0 Å². The lowest BCUT2D eigenvalue weighted by Gasteiger charge is -2.13. The molecule has 3 aromatic rings. The van der Waals surface area contributed by atoms with Gasteiger partial charge in [0.2, 0.25) is 11.2 Å². The topological polar surface area (TPSA) is 57.9 Å². The Hall–Kier alpha value is -2.95. The molecule has 2 aromatic carbocycles. The maximum atomic E-state index is 13.0. The molecule has 0 N–H and O–H groups in total. The van der Waals surface area contributed by atoms with E-state index in [-0.39, 0.29) is 11.2 Å². The Kier molecular flexibility index (Phi) is 5.46. The van der Waals surface area contributed by atoms with Crippen molar-refractivity contribution in [3.8, 4) is 28.6 Å². The molecule has 0 saturated heterocycles. The molecule has 3 rings (SSSR count). The van der Waals surface area contributed by atoms with Gasteiger partial charge in [0.1, 0.15) is 5.58 Å². The molecule has 5 heteroatoms. The second-order valence-electron chi connectivity index (χ2n) is 5.86. The fraction of sp³-hybridized carbons (Fsp3) is 0.286. The Balaban J connectivity index is 2.20. The molecule has 136 valence electrons. The molecule has 0 bridgehead atoms. The highest BCUT2D eigenvalue weighted by Gasteiger charge is 2.19. The van der Waals surface area contributed by atoms with Crippen molar-refractivity contribution in [3.63, 3.8) is 0 Å². The molecule has 0 spiro atoms. The van der Waals surface area contributed by atoms with Crippen LogP contribution in [0, 0.1) is 0 Å². The summed E-state index contributed by atoms with van der Waals surface area (Å²) in [4.78, 5) is 13.0. The van der Waals surface area contributed by atoms with Crippen LogP contribution in [0.1, 0.15) is 19.8 Å². The van der Waals surface area contributed by atoms with Crippen LogP contribution in [0.25, 0.3) is 22.3 Å². The molecule has 0 fully saturated rings. The Bertz CT molecular complexity index is 958. The van der Waals surface area contributed by atoms with E-state index in [1.54, 1.807) is 38.5 Å². The summed E-state index contributed by atoms with van der Waals surface area (Å²) in [6.45, 7) is 2.53. The molecule has 0 unspecified atom stereocenters. The van der Waals surface area contributed by atoms with Crippen molar-refractivity contribution < 1.29 is 18.6 Å². The number of benzene rings is 2. The number of para-hydroxylation sites is 1. The molecular weight excluding hydrogens is 332 g/mol. The summed E-state index contributed by atoms with van der Waals surface area (Å²) < 4.78 is 22.5. The molecule has 0 atom stereocenters. The lowest BCUT2D eigenvalue weighted by atomic mass is 10.1. The third-order valence-electron chi connectivity index (χ3n) is 4.15. The zero-order chi connectivity index (χ0) is 18.5. The van der Waals surface area contributed by atoms with E-state index in [9.17, 15) is 4.79 Å². The lowest BCUT2D eigenvalue weighted by molar-refractivity contribution is 0.301. The third-order valence-corrected chi connectivity index (χ3v) is 4.15. The number of fused-ring (bicyclic) bond motifs is 1. The first kappa shape index (κ1) is 17.9. The zero-order valence-corrected chi connectivity index (χ0v) is 15.2. The van der Waals surface area contributed by atoms with Gasteiger partial charge in [-0.05, 0) is 36.8 Å². The van der Waals surface area contributed by atoms with Gasteiger partial charge in [0.15, 0.2) is 17.3 Å². The fourth-order valence-corrected chi connectivity index (χ4v) is 2.74. The van der Waals surface area contributed by atoms with E-state index < -0.39 is 0 Å². The normalized spacial score (nSPS) is 10.7. The van der Waals surface area contributed by atoms with Crippen LogP contribution >= 0.6 is 0 Å². The lowest BCUT2D eigenvalue weighted by Crippen LogP contribution is -2.11. The van der Waals surface area contributed by atoms with Crippen LogP contribution in [-0.2, 0) is 0 Å². The van der Waals surface area contributed by atoms with Gasteiger partial charge in [-0.2, -0.15) is 0 Å². The molecule has 1 heterocycles. The molecule has 0 aliphatic carbocycles. The van der Waals surface area contributed by atoms with Crippen LogP contribution in [-0.4, -0.2) is 20.8 Å². The van der Waals surface area contributed by atoms with Crippen LogP contribution in [0.4, 0.5) is 0 Å². The first-order valence-electron chi connectivity index (χ1n) is 8.60. The van der Waals surface area contributed by atoms with Gasteiger partial charge in [-0.3, -0.25) is 4.79 Å². The van der Waals surface area contributed by atoms with E-state index >= 15 is 0 Å². The highest BCUT2D eigenvalue weighted by atomic mass is 16.5. The van der Waals surface area contributed by atoms with Gasteiger partial charge in [0.05, 0.1) is 26.2 Å². The van der Waals surface area contributed by atoms with Gasteiger partial charge < -0.3 is 18.6 Å². The van der Waals surface area contributed by atoms with E-state index in [0.29, 0.717) is 40.4 Å². The SMILES string of the molecule is CCCCOc1c(-c2ccc(OC)c(OC)c2)oc2ccccc2c1=O. The Labute approximate surface area is 152 Å². The number of hydrogen-bond donors (Lipinski definition) is 0. The molecule has 5 nitrogen and oxygen atoms in total. The van der Waals surface area contributed by atoms with Gasteiger partial charge in [0, 0.05) is 5.56 Å². The molecule has 0 aliphatic heterocycles. The zero-order valence-electron chi connectivity index (χ0n) is 15.2. The standard InChI is InChI=1S/C21H22O5/c1-4-5-12-25-21-19(22)15-8-6-7-9-16(15)26-20(21)14-10-11-17(23-2)18(13-14)24-3/h6-11,13H,4-5,12H2,1-3H3. The van der Waals surface area contributed by atoms with Crippen LogP contribution in [0.5, 0.6) is 17.2 Å². The molecule has 1 aromatic heterocycles. The summed E-state index contributed by atoms with van der Waals surface area (Å²) in [7, 11) is 3.14. The van der Waals surface area contributed by atoms with Crippen LogP contribution < -0.4 is 19.6 Å². The minimum atomic E-state index is -0.173. The summed E-state index contributed by atoms with van der Waals surface area (Å²) in [5.74, 6) is 1.78. The van der Waals surface area contributed by atoms with Gasteiger partial charge in [-0.15, -0.1) is 0 Å². The number of rotatable bonds is 7. The molecule has 26 heavy (non-hydrogen) atoms. The van der Waals surface area contributed by atoms with Crippen molar-refractivity contribution in [2.45, 2.75) is 19.8 Å². The maximum absolute atomic E-state index is 13.0. The quantitative estimate of drug-likeness (QED) is 0.578. The van der Waals surface area contributed by atoms with Crippen molar-refractivity contribution in [3.05, 3.63) is 52.7 Å². The summed E-state index contributed by atoms with van der Waals surface area (Å²) in [6.07, 6.45) is 1.84. The summed E-state index contributed by atoms with van der Waals surface area (Å²) >= 11 is 0. The van der Waals surface area contributed by atoms with E-state index in [4.69, 9.17) is 18.6 Å². The number of hydrogen-bond acceptors (Lipinski definition) is 5. The van der Waals surface area contributed by atoms with Crippen molar-refractivity contribution in [2.24, 2.45) is 0 Å². The van der Waals surface area contributed by atoms with Gasteiger partial charge in [0.25, 0.3) is 0 Å². The second-order valence-corrected chi connectivity index (χ2v) is 5.86. The van der Waals surface area contributed by atoms with Crippen molar-refractivity contribution in [2.75, 3.05) is 20.8 Å². The summed E-state index contributed by atoms with van der Waals surface area (Å²) in [6, 6.07) is 12.5. The van der Waals surface area contributed by atoms with Crippen LogP contribution in [0.15, 0.2) is 51.7 Å². The van der Waals surface area contributed by atoms with E-state index in [1.807, 2.05) is 18.2 Å². The highest BCUT2D eigenvalue weighted by molar-refractivity contribution is 5.82. The van der Waals surface area contributed by atoms with Crippen LogP contribution in [0.3, 0.4) is 0 Å². The monoisotopic (exact) mass is 354 g/mol. The van der Waals surface area contributed by atoms with Crippen molar-refractivity contribution in [1.29, 1.82) is 0 Å². The number of unbranched alkanes of at least 4 members (excludes halogenated alkanes) is 1.